The summed E-state index contributed by atoms with van der Waals surface area (Å²) in [6.07, 6.45) is 1.38. The van der Waals surface area contributed by atoms with Gasteiger partial charge in [-0.2, -0.15) is 0 Å². The monoisotopic (exact) mass is 282 g/mol. The molecule has 0 amide bonds. The molecule has 1 unspecified atom stereocenters. The molecule has 2 N–H and O–H groups in total. The Morgan fingerprint density at radius 1 is 1.28 bits per heavy atom. The van der Waals surface area contributed by atoms with E-state index in [9.17, 15) is 0 Å². The van der Waals surface area contributed by atoms with Crippen LogP contribution in [0.2, 0.25) is 10.0 Å². The van der Waals surface area contributed by atoms with Crippen molar-refractivity contribution in [2.24, 2.45) is 0 Å². The van der Waals surface area contributed by atoms with Crippen molar-refractivity contribution in [2.75, 3.05) is 5.73 Å². The van der Waals surface area contributed by atoms with Gasteiger partial charge in [0.1, 0.15) is 6.10 Å². The van der Waals surface area contributed by atoms with Gasteiger partial charge >= 0.3 is 0 Å². The normalized spacial score (nSPS) is 12.2. The summed E-state index contributed by atoms with van der Waals surface area (Å²) in [4.78, 5) is 3.96. The number of pyridine rings is 1. The van der Waals surface area contributed by atoms with Crippen molar-refractivity contribution in [1.29, 1.82) is 0 Å². The van der Waals surface area contributed by atoms with Gasteiger partial charge in [0.25, 0.3) is 0 Å². The summed E-state index contributed by atoms with van der Waals surface area (Å²) in [7, 11) is 0. The number of hydrogen-bond acceptors (Lipinski definition) is 3. The van der Waals surface area contributed by atoms with Gasteiger partial charge in [0.2, 0.25) is 0 Å². The summed E-state index contributed by atoms with van der Waals surface area (Å²) in [6.45, 7) is 1.89. The second-order valence-electron chi connectivity index (χ2n) is 3.81. The Balaban J connectivity index is 2.22. The van der Waals surface area contributed by atoms with Crippen LogP contribution in [0.4, 0.5) is 5.82 Å². The number of ether oxygens (including phenoxy) is 1. The number of aromatic nitrogens is 1. The van der Waals surface area contributed by atoms with E-state index in [0.717, 1.165) is 5.56 Å². The maximum absolute atomic E-state index is 6.12. The minimum Gasteiger partial charge on any atom is -0.482 e. The highest BCUT2D eigenvalue weighted by molar-refractivity contribution is 6.35. The predicted molar refractivity (Wildman–Crippen MR) is 74.2 cm³/mol. The van der Waals surface area contributed by atoms with Crippen LogP contribution in [0.1, 0.15) is 18.6 Å². The van der Waals surface area contributed by atoms with Gasteiger partial charge in [-0.05, 0) is 31.2 Å². The van der Waals surface area contributed by atoms with Crippen LogP contribution in [0.25, 0.3) is 0 Å². The molecule has 0 aliphatic heterocycles. The molecule has 1 aromatic carbocycles. The van der Waals surface area contributed by atoms with Crippen LogP contribution in [0.3, 0.4) is 0 Å². The largest absolute Gasteiger partial charge is 0.482 e. The molecule has 2 rings (SSSR count). The summed E-state index contributed by atoms with van der Waals surface area (Å²) < 4.78 is 5.74. The average molecular weight is 283 g/mol. The SMILES string of the molecule is CC(Oc1cccnc1N)c1ccc(Cl)cc1Cl. The van der Waals surface area contributed by atoms with E-state index >= 15 is 0 Å². The van der Waals surface area contributed by atoms with Crippen LogP contribution in [0.15, 0.2) is 36.5 Å². The molecule has 0 saturated carbocycles. The Hall–Kier alpha value is -1.45. The third-order valence-corrected chi connectivity index (χ3v) is 3.07. The minimum absolute atomic E-state index is 0.235. The van der Waals surface area contributed by atoms with Gasteiger partial charge in [0.15, 0.2) is 11.6 Å². The fourth-order valence-corrected chi connectivity index (χ4v) is 2.15. The molecule has 0 saturated heterocycles. The van der Waals surface area contributed by atoms with Crippen molar-refractivity contribution in [3.63, 3.8) is 0 Å². The topological polar surface area (TPSA) is 48.1 Å². The van der Waals surface area contributed by atoms with Crippen molar-refractivity contribution in [2.45, 2.75) is 13.0 Å². The van der Waals surface area contributed by atoms with E-state index in [4.69, 9.17) is 33.7 Å². The van der Waals surface area contributed by atoms with E-state index in [1.54, 1.807) is 30.5 Å². The average Bonchev–Trinajstić information content (AvgIpc) is 2.32. The van der Waals surface area contributed by atoms with Gasteiger partial charge in [-0.25, -0.2) is 4.98 Å². The van der Waals surface area contributed by atoms with Crippen molar-refractivity contribution in [3.05, 3.63) is 52.1 Å². The Labute approximate surface area is 115 Å². The highest BCUT2D eigenvalue weighted by Crippen LogP contribution is 2.30. The zero-order valence-electron chi connectivity index (χ0n) is 9.73. The third-order valence-electron chi connectivity index (χ3n) is 2.50. The molecule has 3 nitrogen and oxygen atoms in total. The van der Waals surface area contributed by atoms with Crippen molar-refractivity contribution < 1.29 is 4.74 Å². The Kier molecular flexibility index (Phi) is 3.94. The van der Waals surface area contributed by atoms with E-state index in [0.29, 0.717) is 21.6 Å². The number of nitrogen functional groups attached to an aromatic ring is 1. The standard InChI is InChI=1S/C13H12Cl2N2O/c1-8(10-5-4-9(14)7-11(10)15)18-12-3-2-6-17-13(12)16/h2-8H,1H3,(H2,16,17). The summed E-state index contributed by atoms with van der Waals surface area (Å²) in [5.74, 6) is 0.894. The van der Waals surface area contributed by atoms with E-state index in [2.05, 4.69) is 4.98 Å². The molecule has 1 heterocycles. The molecule has 0 bridgehead atoms. The number of rotatable bonds is 3. The van der Waals surface area contributed by atoms with E-state index < -0.39 is 0 Å². The highest BCUT2D eigenvalue weighted by atomic mass is 35.5. The molecule has 0 aliphatic rings. The van der Waals surface area contributed by atoms with Gasteiger partial charge in [-0.15, -0.1) is 0 Å². The minimum atomic E-state index is -0.235. The third kappa shape index (κ3) is 2.86. The number of benzene rings is 1. The van der Waals surface area contributed by atoms with Crippen LogP contribution in [-0.2, 0) is 0 Å². The fraction of sp³-hybridized carbons (Fsp3) is 0.154. The smallest absolute Gasteiger partial charge is 0.166 e. The fourth-order valence-electron chi connectivity index (χ4n) is 1.59. The van der Waals surface area contributed by atoms with Crippen molar-refractivity contribution >= 4 is 29.0 Å². The molecule has 0 fully saturated rings. The highest BCUT2D eigenvalue weighted by Gasteiger charge is 2.13. The summed E-state index contributed by atoms with van der Waals surface area (Å²) in [6, 6.07) is 8.83. The zero-order chi connectivity index (χ0) is 13.1. The predicted octanol–water partition coefficient (Wildman–Crippen LogP) is 4.11. The molecule has 18 heavy (non-hydrogen) atoms. The summed E-state index contributed by atoms with van der Waals surface area (Å²) in [5, 5.41) is 1.16. The molecule has 1 aromatic heterocycles. The lowest BCUT2D eigenvalue weighted by molar-refractivity contribution is 0.227. The molecule has 0 aliphatic carbocycles. The lowest BCUT2D eigenvalue weighted by Crippen LogP contribution is -2.06. The number of halogens is 2. The van der Waals surface area contributed by atoms with Crippen molar-refractivity contribution in [3.8, 4) is 5.75 Å². The number of anilines is 1. The lowest BCUT2D eigenvalue weighted by Gasteiger charge is -2.17. The van der Waals surface area contributed by atoms with Gasteiger partial charge in [0.05, 0.1) is 0 Å². The van der Waals surface area contributed by atoms with Gasteiger partial charge < -0.3 is 10.5 Å². The maximum atomic E-state index is 6.12. The quantitative estimate of drug-likeness (QED) is 0.922. The van der Waals surface area contributed by atoms with Crippen LogP contribution in [0.5, 0.6) is 5.75 Å². The first-order chi connectivity index (χ1) is 8.58. The lowest BCUT2D eigenvalue weighted by atomic mass is 10.1. The second-order valence-corrected chi connectivity index (χ2v) is 4.66. The van der Waals surface area contributed by atoms with Crippen molar-refractivity contribution in [1.82, 2.24) is 4.98 Å². The zero-order valence-corrected chi connectivity index (χ0v) is 11.2. The van der Waals surface area contributed by atoms with Crippen LogP contribution in [0, 0.1) is 0 Å². The van der Waals surface area contributed by atoms with E-state index in [1.807, 2.05) is 13.0 Å². The van der Waals surface area contributed by atoms with E-state index in [-0.39, 0.29) is 6.10 Å². The van der Waals surface area contributed by atoms with Crippen LogP contribution >= 0.6 is 23.2 Å². The molecule has 2 aromatic rings. The first kappa shape index (κ1) is 13.0. The summed E-state index contributed by atoms with van der Waals surface area (Å²) >= 11 is 12.0. The molecule has 1 atom stereocenters. The maximum Gasteiger partial charge on any atom is 0.166 e. The Bertz CT molecular complexity index is 560. The van der Waals surface area contributed by atoms with Gasteiger partial charge in [-0.1, -0.05) is 29.3 Å². The first-order valence-electron chi connectivity index (χ1n) is 5.40. The molecule has 94 valence electrons. The molecular formula is C13H12Cl2N2O. The van der Waals surface area contributed by atoms with Gasteiger partial charge in [0, 0.05) is 21.8 Å². The Morgan fingerprint density at radius 3 is 2.72 bits per heavy atom. The van der Waals surface area contributed by atoms with Crippen LogP contribution in [-0.4, -0.2) is 4.98 Å². The number of nitrogens with two attached hydrogens (primary N) is 1. The first-order valence-corrected chi connectivity index (χ1v) is 6.15. The number of nitrogens with zero attached hydrogens (tertiary/aromatic N) is 1. The number of hydrogen-bond donors (Lipinski definition) is 1. The second kappa shape index (κ2) is 5.46. The Morgan fingerprint density at radius 2 is 2.06 bits per heavy atom. The molecule has 0 spiro atoms. The summed E-state index contributed by atoms with van der Waals surface area (Å²) in [5.41, 5.74) is 6.57. The van der Waals surface area contributed by atoms with E-state index in [1.165, 1.54) is 0 Å². The molecule has 5 heteroatoms. The van der Waals surface area contributed by atoms with Gasteiger partial charge in [-0.3, -0.25) is 0 Å². The molecule has 0 radical (unpaired) electrons. The molecular weight excluding hydrogens is 271 g/mol. The van der Waals surface area contributed by atoms with Crippen LogP contribution < -0.4 is 10.5 Å².